The molecular formula is C18H21IO4S. The molecule has 0 saturated heterocycles. The minimum atomic E-state index is -0.315. The predicted octanol–water partition coefficient (Wildman–Crippen LogP) is 4.38. The van der Waals surface area contributed by atoms with E-state index >= 15 is 0 Å². The molecule has 1 aromatic carbocycles. The van der Waals surface area contributed by atoms with Gasteiger partial charge < -0.3 is 9.47 Å². The topological polar surface area (TPSA) is 52.6 Å². The number of carbonyl (C=O) groups is 2. The molecule has 0 aromatic heterocycles. The van der Waals surface area contributed by atoms with E-state index in [0.717, 1.165) is 35.2 Å². The van der Waals surface area contributed by atoms with Crippen LogP contribution in [0, 0.1) is 6.92 Å². The van der Waals surface area contributed by atoms with Gasteiger partial charge in [0.15, 0.2) is 0 Å². The van der Waals surface area contributed by atoms with Crippen LogP contribution in [0.5, 0.6) is 5.75 Å². The molecule has 1 aromatic rings. The third-order valence-corrected chi connectivity index (χ3v) is 5.84. The summed E-state index contributed by atoms with van der Waals surface area (Å²) in [6.07, 6.45) is 4.14. The van der Waals surface area contributed by atoms with Crippen LogP contribution in [-0.2, 0) is 29.0 Å². The molecule has 1 heterocycles. The van der Waals surface area contributed by atoms with Gasteiger partial charge in [-0.05, 0) is 64.6 Å². The minimum absolute atomic E-state index is 0.313. The van der Waals surface area contributed by atoms with Crippen molar-refractivity contribution in [2.45, 2.75) is 40.2 Å². The number of fused-ring (bicyclic) bond motifs is 1. The maximum Gasteiger partial charge on any atom is 0.342 e. The number of ether oxygens (including phenoxy) is 2. The normalized spacial score (nSPS) is 13.7. The van der Waals surface area contributed by atoms with Crippen LogP contribution in [0.1, 0.15) is 46.5 Å². The Morgan fingerprint density at radius 3 is 2.79 bits per heavy atom. The van der Waals surface area contributed by atoms with Gasteiger partial charge in [-0.3, -0.25) is 4.79 Å². The number of esters is 1. The second kappa shape index (κ2) is 8.89. The minimum Gasteiger partial charge on any atom is -0.491 e. The maximum absolute atomic E-state index is 12.2. The molecule has 0 amide bonds. The van der Waals surface area contributed by atoms with E-state index in [0.29, 0.717) is 36.5 Å². The fraction of sp³-hybridized carbons (Fsp3) is 0.444. The molecule has 0 bridgehead atoms. The molecule has 0 spiro atoms. The zero-order chi connectivity index (χ0) is 17.7. The summed E-state index contributed by atoms with van der Waals surface area (Å²) in [6.45, 7) is 6.75. The van der Waals surface area contributed by atoms with Gasteiger partial charge in [-0.1, -0.05) is 21.9 Å². The molecule has 2 rings (SSSR count). The van der Waals surface area contributed by atoms with Crippen molar-refractivity contribution < 1.29 is 19.1 Å². The highest BCUT2D eigenvalue weighted by Crippen LogP contribution is 2.39. The Morgan fingerprint density at radius 1 is 1.42 bits per heavy atom. The molecule has 0 radical (unpaired) electrons. The highest BCUT2D eigenvalue weighted by Gasteiger charge is 2.31. The molecule has 6 heteroatoms. The third-order valence-electron chi connectivity index (χ3n) is 4.20. The Labute approximate surface area is 158 Å². The van der Waals surface area contributed by atoms with Crippen molar-refractivity contribution >= 4 is 42.4 Å². The van der Waals surface area contributed by atoms with Gasteiger partial charge in [0.2, 0.25) is 0 Å². The van der Waals surface area contributed by atoms with Crippen LogP contribution in [0.3, 0.4) is 0 Å². The first kappa shape index (κ1) is 19.3. The fourth-order valence-corrected chi connectivity index (χ4v) is 3.65. The first-order valence-electron chi connectivity index (χ1n) is 7.87. The lowest BCUT2D eigenvalue weighted by Gasteiger charge is -2.19. The van der Waals surface area contributed by atoms with E-state index in [-0.39, 0.29) is 5.97 Å². The van der Waals surface area contributed by atoms with Crippen LogP contribution in [0.15, 0.2) is 11.6 Å². The van der Waals surface area contributed by atoms with Gasteiger partial charge in [-0.25, -0.2) is 4.79 Å². The SMILES string of the molecule is CCc1c(C)c2c(c(OCCSI)c1C/C=C(\C)C=O)C(=O)OC2. The molecule has 0 N–H and O–H groups in total. The summed E-state index contributed by atoms with van der Waals surface area (Å²) in [4.78, 5) is 23.1. The molecule has 0 saturated carbocycles. The number of allylic oxidation sites excluding steroid dienone is 2. The van der Waals surface area contributed by atoms with E-state index in [1.165, 1.54) is 5.56 Å². The lowest BCUT2D eigenvalue weighted by Crippen LogP contribution is -2.11. The van der Waals surface area contributed by atoms with Gasteiger partial charge >= 0.3 is 5.97 Å². The number of carbonyl (C=O) groups excluding carboxylic acids is 2. The van der Waals surface area contributed by atoms with Crippen LogP contribution in [-0.4, -0.2) is 24.6 Å². The van der Waals surface area contributed by atoms with Gasteiger partial charge in [0.05, 0.1) is 6.61 Å². The summed E-state index contributed by atoms with van der Waals surface area (Å²) in [5.41, 5.74) is 5.45. The van der Waals surface area contributed by atoms with Crippen molar-refractivity contribution in [3.63, 3.8) is 0 Å². The number of hydrogen-bond acceptors (Lipinski definition) is 5. The second-order valence-corrected chi connectivity index (χ2v) is 8.12. The standard InChI is InChI=1S/C18H21IO4S/c1-4-13-12(3)15-10-23-18(21)16(15)17(22-7-8-24-19)14(13)6-5-11(2)9-20/h5,9H,4,6-8,10H2,1-3H3/b11-5+. The largest absolute Gasteiger partial charge is 0.491 e. The fourth-order valence-electron chi connectivity index (χ4n) is 2.97. The van der Waals surface area contributed by atoms with E-state index in [1.807, 2.05) is 13.0 Å². The lowest BCUT2D eigenvalue weighted by atomic mass is 9.89. The van der Waals surface area contributed by atoms with E-state index in [1.54, 1.807) is 15.9 Å². The van der Waals surface area contributed by atoms with Gasteiger partial charge in [0.25, 0.3) is 0 Å². The Hall–Kier alpha value is -1.02. The summed E-state index contributed by atoms with van der Waals surface area (Å²) in [6, 6.07) is 0. The number of aldehydes is 1. The van der Waals surface area contributed by atoms with Crippen molar-refractivity contribution in [3.05, 3.63) is 39.5 Å². The van der Waals surface area contributed by atoms with E-state index in [9.17, 15) is 9.59 Å². The Kier molecular flexibility index (Phi) is 7.16. The average molecular weight is 460 g/mol. The number of cyclic esters (lactones) is 1. The van der Waals surface area contributed by atoms with Crippen molar-refractivity contribution in [2.75, 3.05) is 12.4 Å². The van der Waals surface area contributed by atoms with Gasteiger partial charge in [-0.15, -0.1) is 0 Å². The molecule has 130 valence electrons. The van der Waals surface area contributed by atoms with Crippen LogP contribution < -0.4 is 4.74 Å². The molecule has 4 nitrogen and oxygen atoms in total. The molecule has 1 aliphatic rings. The first-order chi connectivity index (χ1) is 11.5. The van der Waals surface area contributed by atoms with E-state index in [4.69, 9.17) is 9.47 Å². The monoisotopic (exact) mass is 460 g/mol. The van der Waals surface area contributed by atoms with Crippen molar-refractivity contribution in [2.24, 2.45) is 0 Å². The summed E-state index contributed by atoms with van der Waals surface area (Å²) in [5.74, 6) is 1.16. The zero-order valence-corrected chi connectivity index (χ0v) is 17.1. The highest BCUT2D eigenvalue weighted by molar-refractivity contribution is 14.2. The number of hydrogen-bond donors (Lipinski definition) is 0. The van der Waals surface area contributed by atoms with E-state index in [2.05, 4.69) is 28.1 Å². The first-order valence-corrected chi connectivity index (χ1v) is 11.4. The summed E-state index contributed by atoms with van der Waals surface area (Å²) >= 11 is 2.23. The Balaban J connectivity index is 2.59. The summed E-state index contributed by atoms with van der Waals surface area (Å²) in [5, 5.41) is 0. The zero-order valence-electron chi connectivity index (χ0n) is 14.1. The molecule has 24 heavy (non-hydrogen) atoms. The molecule has 0 unspecified atom stereocenters. The van der Waals surface area contributed by atoms with Gasteiger partial charge in [0, 0.05) is 16.9 Å². The average Bonchev–Trinajstić information content (AvgIpc) is 2.97. The van der Waals surface area contributed by atoms with Crippen molar-refractivity contribution in [1.82, 2.24) is 0 Å². The number of halogens is 1. The lowest BCUT2D eigenvalue weighted by molar-refractivity contribution is -0.104. The molecule has 1 aliphatic heterocycles. The molecule has 0 atom stereocenters. The van der Waals surface area contributed by atoms with Gasteiger partial charge in [-0.2, -0.15) is 0 Å². The summed E-state index contributed by atoms with van der Waals surface area (Å²) < 4.78 is 11.3. The van der Waals surface area contributed by atoms with Crippen molar-refractivity contribution in [3.8, 4) is 5.75 Å². The van der Waals surface area contributed by atoms with Crippen molar-refractivity contribution in [1.29, 1.82) is 0 Å². The molecule has 0 aliphatic carbocycles. The third kappa shape index (κ3) is 3.96. The van der Waals surface area contributed by atoms with Crippen LogP contribution in [0.2, 0.25) is 0 Å². The Morgan fingerprint density at radius 2 is 2.17 bits per heavy atom. The van der Waals surface area contributed by atoms with E-state index < -0.39 is 0 Å². The smallest absolute Gasteiger partial charge is 0.342 e. The number of rotatable bonds is 8. The maximum atomic E-state index is 12.2. The van der Waals surface area contributed by atoms with Crippen LogP contribution >= 0.6 is 30.1 Å². The Bertz CT molecular complexity index is 682. The molecular weight excluding hydrogens is 439 g/mol. The quantitative estimate of drug-likeness (QED) is 0.190. The highest BCUT2D eigenvalue weighted by atomic mass is 127. The van der Waals surface area contributed by atoms with Crippen LogP contribution in [0.4, 0.5) is 0 Å². The second-order valence-electron chi connectivity index (χ2n) is 5.63. The van der Waals surface area contributed by atoms with Crippen LogP contribution in [0.25, 0.3) is 0 Å². The number of benzene rings is 1. The van der Waals surface area contributed by atoms with Gasteiger partial charge in [0.1, 0.15) is 24.2 Å². The summed E-state index contributed by atoms with van der Waals surface area (Å²) in [7, 11) is 1.67. The predicted molar refractivity (Wildman–Crippen MR) is 105 cm³/mol. The molecule has 0 fully saturated rings.